The van der Waals surface area contributed by atoms with Crippen molar-refractivity contribution in [3.05, 3.63) is 88.5 Å². The van der Waals surface area contributed by atoms with Gasteiger partial charge in [0.25, 0.3) is 0 Å². The van der Waals surface area contributed by atoms with Gasteiger partial charge in [0.05, 0.1) is 6.54 Å². The molecule has 2 nitrogen and oxygen atoms in total. The molecule has 0 N–H and O–H groups in total. The zero-order valence-corrected chi connectivity index (χ0v) is 14.1. The van der Waals surface area contributed by atoms with Gasteiger partial charge in [-0.05, 0) is 48.7 Å². The van der Waals surface area contributed by atoms with E-state index >= 15 is 0 Å². The number of hydrogen-bond donors (Lipinski definition) is 0. The zero-order valence-electron chi connectivity index (χ0n) is 14.1. The first-order chi connectivity index (χ1) is 11.5. The Morgan fingerprint density at radius 3 is 2.71 bits per heavy atom. The summed E-state index contributed by atoms with van der Waals surface area (Å²) in [5, 5.41) is 0. The molecule has 0 spiro atoms. The molecule has 0 unspecified atom stereocenters. The molecule has 0 fully saturated rings. The van der Waals surface area contributed by atoms with E-state index in [-0.39, 0.29) is 12.5 Å². The topological polar surface area (TPSA) is 17.8 Å². The fourth-order valence-corrected chi connectivity index (χ4v) is 3.06. The number of rotatable bonds is 4. The number of benzene rings is 2. The second kappa shape index (κ2) is 6.56. The van der Waals surface area contributed by atoms with E-state index in [0.717, 1.165) is 18.0 Å². The highest BCUT2D eigenvalue weighted by atomic mass is 19.1. The van der Waals surface area contributed by atoms with Crippen molar-refractivity contribution in [2.75, 3.05) is 0 Å². The van der Waals surface area contributed by atoms with E-state index in [1.165, 1.54) is 22.8 Å². The van der Waals surface area contributed by atoms with E-state index in [9.17, 15) is 8.78 Å². The maximum atomic E-state index is 13.9. The molecule has 4 heteroatoms. The minimum atomic E-state index is -0.435. The Hall–Kier alpha value is -2.49. The molecule has 1 heterocycles. The fraction of sp³-hybridized carbons (Fsp3) is 0.250. The van der Waals surface area contributed by atoms with E-state index in [0.29, 0.717) is 5.56 Å². The smallest absolute Gasteiger partial charge is 0.128 e. The van der Waals surface area contributed by atoms with Crippen molar-refractivity contribution in [3.63, 3.8) is 0 Å². The highest BCUT2D eigenvalue weighted by Crippen LogP contribution is 2.27. The highest BCUT2D eigenvalue weighted by Gasteiger charge is 2.17. The normalized spacial score (nSPS) is 12.4. The van der Waals surface area contributed by atoms with Gasteiger partial charge in [0.2, 0.25) is 0 Å². The Morgan fingerprint density at radius 2 is 1.92 bits per heavy atom. The highest BCUT2D eigenvalue weighted by molar-refractivity contribution is 5.38. The van der Waals surface area contributed by atoms with Crippen LogP contribution in [0.4, 0.5) is 8.78 Å². The third-order valence-corrected chi connectivity index (χ3v) is 4.60. The summed E-state index contributed by atoms with van der Waals surface area (Å²) in [6, 6.07) is 9.74. The van der Waals surface area contributed by atoms with Crippen molar-refractivity contribution in [1.29, 1.82) is 0 Å². The lowest BCUT2D eigenvalue weighted by molar-refractivity contribution is 0.571. The largest absolute Gasteiger partial charge is 0.330 e. The summed E-state index contributed by atoms with van der Waals surface area (Å²) in [5.41, 5.74) is 3.98. The maximum Gasteiger partial charge on any atom is 0.128 e. The van der Waals surface area contributed by atoms with Crippen LogP contribution in [-0.4, -0.2) is 9.55 Å². The second-order valence-electron chi connectivity index (χ2n) is 6.16. The van der Waals surface area contributed by atoms with Crippen molar-refractivity contribution in [3.8, 4) is 0 Å². The van der Waals surface area contributed by atoms with Crippen molar-refractivity contribution in [2.24, 2.45) is 0 Å². The van der Waals surface area contributed by atoms with E-state index < -0.39 is 11.6 Å². The molecular weight excluding hydrogens is 306 g/mol. The van der Waals surface area contributed by atoms with Gasteiger partial charge in [0.1, 0.15) is 17.5 Å². The molecule has 24 heavy (non-hydrogen) atoms. The molecular formula is C20H20F2N2. The van der Waals surface area contributed by atoms with Crippen LogP contribution < -0.4 is 0 Å². The van der Waals surface area contributed by atoms with Crippen molar-refractivity contribution in [1.82, 2.24) is 9.55 Å². The van der Waals surface area contributed by atoms with Crippen LogP contribution >= 0.6 is 0 Å². The van der Waals surface area contributed by atoms with Crippen LogP contribution in [0.25, 0.3) is 0 Å². The molecule has 0 saturated heterocycles. The molecule has 124 valence electrons. The monoisotopic (exact) mass is 326 g/mol. The summed E-state index contributed by atoms with van der Waals surface area (Å²) in [5.74, 6) is 0.0648. The Balaban J connectivity index is 1.95. The quantitative estimate of drug-likeness (QED) is 0.661. The van der Waals surface area contributed by atoms with Crippen LogP contribution in [0, 0.1) is 25.5 Å². The van der Waals surface area contributed by atoms with Crippen molar-refractivity contribution >= 4 is 0 Å². The fourth-order valence-electron chi connectivity index (χ4n) is 3.06. The lowest BCUT2D eigenvalue weighted by Crippen LogP contribution is -2.11. The van der Waals surface area contributed by atoms with Crippen LogP contribution in [0.15, 0.2) is 48.8 Å². The van der Waals surface area contributed by atoms with Crippen molar-refractivity contribution < 1.29 is 8.78 Å². The third-order valence-electron chi connectivity index (χ3n) is 4.60. The summed E-state index contributed by atoms with van der Waals surface area (Å²) < 4.78 is 29.2. The van der Waals surface area contributed by atoms with E-state index in [1.807, 2.05) is 10.6 Å². The molecule has 0 saturated carbocycles. The van der Waals surface area contributed by atoms with Gasteiger partial charge in [-0.2, -0.15) is 0 Å². The Bertz CT molecular complexity index is 868. The number of aryl methyl sites for hydroxylation is 1. The van der Waals surface area contributed by atoms with Crippen LogP contribution in [0.2, 0.25) is 0 Å². The Morgan fingerprint density at radius 1 is 1.12 bits per heavy atom. The SMILES string of the molecule is Cc1cccc([C@H](C)c2nccn2Cc2cc(F)ccc2F)c1C. The summed E-state index contributed by atoms with van der Waals surface area (Å²) in [6.07, 6.45) is 3.51. The van der Waals surface area contributed by atoms with Crippen LogP contribution in [0.3, 0.4) is 0 Å². The Labute approximate surface area is 140 Å². The van der Waals surface area contributed by atoms with Gasteiger partial charge in [0, 0.05) is 23.9 Å². The Kier molecular flexibility index (Phi) is 4.47. The molecule has 1 atom stereocenters. The van der Waals surface area contributed by atoms with Gasteiger partial charge in [-0.1, -0.05) is 25.1 Å². The van der Waals surface area contributed by atoms with Gasteiger partial charge >= 0.3 is 0 Å². The van der Waals surface area contributed by atoms with E-state index in [1.54, 1.807) is 12.4 Å². The van der Waals surface area contributed by atoms with Gasteiger partial charge < -0.3 is 4.57 Å². The first kappa shape index (κ1) is 16.4. The predicted octanol–water partition coefficient (Wildman–Crippen LogP) is 4.98. The molecule has 2 aromatic carbocycles. The third kappa shape index (κ3) is 3.09. The molecule has 1 aromatic heterocycles. The molecule has 0 aliphatic heterocycles. The minimum Gasteiger partial charge on any atom is -0.330 e. The number of aromatic nitrogens is 2. The lowest BCUT2D eigenvalue weighted by Gasteiger charge is -2.18. The molecule has 0 amide bonds. The number of nitrogens with zero attached hydrogens (tertiary/aromatic N) is 2. The van der Waals surface area contributed by atoms with Crippen LogP contribution in [0.5, 0.6) is 0 Å². The zero-order chi connectivity index (χ0) is 17.3. The van der Waals surface area contributed by atoms with Gasteiger partial charge in [0.15, 0.2) is 0 Å². The molecule has 3 rings (SSSR count). The van der Waals surface area contributed by atoms with Crippen LogP contribution in [0.1, 0.15) is 40.9 Å². The first-order valence-electron chi connectivity index (χ1n) is 7.98. The molecule has 0 bridgehead atoms. The predicted molar refractivity (Wildman–Crippen MR) is 91.1 cm³/mol. The van der Waals surface area contributed by atoms with Crippen LogP contribution in [-0.2, 0) is 6.54 Å². The second-order valence-corrected chi connectivity index (χ2v) is 6.16. The molecule has 0 aliphatic rings. The van der Waals surface area contributed by atoms with Gasteiger partial charge in [-0.3, -0.25) is 0 Å². The number of halogens is 2. The molecule has 0 radical (unpaired) electrons. The summed E-state index contributed by atoms with van der Waals surface area (Å²) in [4.78, 5) is 4.46. The first-order valence-corrected chi connectivity index (χ1v) is 7.98. The minimum absolute atomic E-state index is 0.0662. The molecule has 0 aliphatic carbocycles. The van der Waals surface area contributed by atoms with Gasteiger partial charge in [-0.25, -0.2) is 13.8 Å². The summed E-state index contributed by atoms with van der Waals surface area (Å²) in [7, 11) is 0. The standard InChI is InChI=1S/C20H20F2N2/c1-13-5-4-6-18(14(13)2)15(3)20-23-9-10-24(20)12-16-11-17(21)7-8-19(16)22/h4-11,15H,12H2,1-3H3/t15-/m0/s1. The van der Waals surface area contributed by atoms with Gasteiger partial charge in [-0.15, -0.1) is 0 Å². The number of imidazole rings is 1. The van der Waals surface area contributed by atoms with E-state index in [2.05, 4.69) is 37.9 Å². The summed E-state index contributed by atoms with van der Waals surface area (Å²) >= 11 is 0. The average Bonchev–Trinajstić information content (AvgIpc) is 3.01. The average molecular weight is 326 g/mol. The molecule has 3 aromatic rings. The van der Waals surface area contributed by atoms with E-state index in [4.69, 9.17) is 0 Å². The lowest BCUT2D eigenvalue weighted by atomic mass is 9.93. The van der Waals surface area contributed by atoms with Crippen molar-refractivity contribution in [2.45, 2.75) is 33.2 Å². The summed E-state index contributed by atoms with van der Waals surface area (Å²) in [6.45, 7) is 6.53. The number of hydrogen-bond acceptors (Lipinski definition) is 1. The maximum absolute atomic E-state index is 13.9.